The van der Waals surface area contributed by atoms with Gasteiger partial charge in [-0.05, 0) is 31.4 Å². The quantitative estimate of drug-likeness (QED) is 0.423. The average molecular weight is 558 g/mol. The van der Waals surface area contributed by atoms with Crippen LogP contribution in [0.3, 0.4) is 0 Å². The van der Waals surface area contributed by atoms with Gasteiger partial charge in [0.2, 0.25) is 5.62 Å². The Bertz CT molecular complexity index is 1450. The topological polar surface area (TPSA) is 118 Å². The molecule has 11 nitrogen and oxygen atoms in total. The molecule has 1 fully saturated rings. The first-order valence-corrected chi connectivity index (χ1v) is 13.5. The SMILES string of the molecule is CCN(CC)C(=O)c1cc2nn(CC(=O)c3cc(N4CCOCC4)c(OC)c(C(C)(C)C)c3)c(=N)n2nc1Cl. The van der Waals surface area contributed by atoms with E-state index in [9.17, 15) is 9.59 Å². The molecule has 0 spiro atoms. The molecule has 39 heavy (non-hydrogen) atoms. The minimum Gasteiger partial charge on any atom is -0.494 e. The maximum Gasteiger partial charge on any atom is 0.257 e. The zero-order valence-electron chi connectivity index (χ0n) is 23.4. The summed E-state index contributed by atoms with van der Waals surface area (Å²) >= 11 is 6.33. The lowest BCUT2D eigenvalue weighted by molar-refractivity contribution is 0.0772. The van der Waals surface area contributed by atoms with E-state index in [0.29, 0.717) is 45.0 Å². The molecule has 1 N–H and O–H groups in total. The largest absolute Gasteiger partial charge is 0.494 e. The van der Waals surface area contributed by atoms with Crippen LogP contribution in [-0.4, -0.2) is 82.5 Å². The van der Waals surface area contributed by atoms with Gasteiger partial charge in [0.15, 0.2) is 16.6 Å². The minimum absolute atomic E-state index is 0.0242. The standard InChI is InChI=1S/C27H36ClN7O4/c1-7-32(8-2)25(37)18-15-22-30-34(26(29)35(22)31-24(18)28)16-21(36)17-13-19(27(3,4)5)23(38-6)20(14-17)33-9-11-39-12-10-33/h13-15,29H,7-12,16H2,1-6H3. The third kappa shape index (κ3) is 5.65. The van der Waals surface area contributed by atoms with Crippen molar-refractivity contribution < 1.29 is 19.1 Å². The van der Waals surface area contributed by atoms with Gasteiger partial charge in [0.1, 0.15) is 12.3 Å². The van der Waals surface area contributed by atoms with Gasteiger partial charge in [0.05, 0.1) is 31.6 Å². The van der Waals surface area contributed by atoms with Crippen LogP contribution in [-0.2, 0) is 16.7 Å². The lowest BCUT2D eigenvalue weighted by atomic mass is 9.84. The summed E-state index contributed by atoms with van der Waals surface area (Å²) in [6.07, 6.45) is 0. The second kappa shape index (κ2) is 11.4. The summed E-state index contributed by atoms with van der Waals surface area (Å²) in [5.74, 6) is 0.262. The smallest absolute Gasteiger partial charge is 0.257 e. The summed E-state index contributed by atoms with van der Waals surface area (Å²) < 4.78 is 13.9. The van der Waals surface area contributed by atoms with E-state index in [0.717, 1.165) is 17.0 Å². The summed E-state index contributed by atoms with van der Waals surface area (Å²) in [7, 11) is 1.65. The van der Waals surface area contributed by atoms with Gasteiger partial charge in [0.25, 0.3) is 5.91 Å². The first kappa shape index (κ1) is 28.6. The average Bonchev–Trinajstić information content (AvgIpc) is 3.21. The highest BCUT2D eigenvalue weighted by Crippen LogP contribution is 2.40. The first-order chi connectivity index (χ1) is 18.5. The van der Waals surface area contributed by atoms with Crippen LogP contribution in [0.25, 0.3) is 5.65 Å². The predicted octanol–water partition coefficient (Wildman–Crippen LogP) is 3.17. The lowest BCUT2D eigenvalue weighted by Gasteiger charge is -2.33. The van der Waals surface area contributed by atoms with Crippen molar-refractivity contribution in [3.63, 3.8) is 0 Å². The molecule has 0 unspecified atom stereocenters. The van der Waals surface area contributed by atoms with Crippen molar-refractivity contribution in [1.82, 2.24) is 24.3 Å². The Balaban J connectivity index is 1.73. The summed E-state index contributed by atoms with van der Waals surface area (Å²) in [6.45, 7) is 13.4. The Morgan fingerprint density at radius 2 is 1.79 bits per heavy atom. The number of nitrogens with zero attached hydrogens (tertiary/aromatic N) is 6. The van der Waals surface area contributed by atoms with E-state index in [1.807, 2.05) is 26.0 Å². The summed E-state index contributed by atoms with van der Waals surface area (Å²) in [5.41, 5.74) is 2.30. The number of fused-ring (bicyclic) bond motifs is 1. The highest BCUT2D eigenvalue weighted by molar-refractivity contribution is 6.32. The van der Waals surface area contributed by atoms with Crippen LogP contribution in [0.5, 0.6) is 5.75 Å². The third-order valence-electron chi connectivity index (χ3n) is 6.90. The Hall–Kier alpha value is -3.44. The highest BCUT2D eigenvalue weighted by Gasteiger charge is 2.27. The summed E-state index contributed by atoms with van der Waals surface area (Å²) in [5, 5.41) is 17.2. The molecule has 0 atom stereocenters. The molecule has 1 amide bonds. The Labute approximate surface area is 232 Å². The zero-order valence-corrected chi connectivity index (χ0v) is 24.1. The van der Waals surface area contributed by atoms with Gasteiger partial charge in [0, 0.05) is 43.4 Å². The lowest BCUT2D eigenvalue weighted by Crippen LogP contribution is -2.37. The van der Waals surface area contributed by atoms with Crippen LogP contribution < -0.4 is 15.3 Å². The summed E-state index contributed by atoms with van der Waals surface area (Å²) in [6, 6.07) is 5.22. The molecule has 1 aliphatic rings. The number of hydrogen-bond acceptors (Lipinski definition) is 8. The number of anilines is 1. The molecule has 4 rings (SSSR count). The van der Waals surface area contributed by atoms with Gasteiger partial charge in [-0.3, -0.25) is 15.0 Å². The van der Waals surface area contributed by atoms with Crippen LogP contribution in [0.2, 0.25) is 5.15 Å². The molecule has 1 saturated heterocycles. The Morgan fingerprint density at radius 1 is 1.13 bits per heavy atom. The molecule has 210 valence electrons. The molecule has 3 aromatic rings. The number of carbonyl (C=O) groups is 2. The number of halogens is 1. The fraction of sp³-hybridized carbons (Fsp3) is 0.519. The van der Waals surface area contributed by atoms with Crippen molar-refractivity contribution in [1.29, 1.82) is 5.41 Å². The summed E-state index contributed by atoms with van der Waals surface area (Å²) in [4.78, 5) is 30.3. The maximum atomic E-state index is 13.6. The fourth-order valence-electron chi connectivity index (χ4n) is 4.70. The number of aromatic nitrogens is 4. The maximum absolute atomic E-state index is 13.6. The van der Waals surface area contributed by atoms with Crippen molar-refractivity contribution in [2.24, 2.45) is 0 Å². The van der Waals surface area contributed by atoms with E-state index in [1.54, 1.807) is 12.0 Å². The van der Waals surface area contributed by atoms with Gasteiger partial charge < -0.3 is 19.3 Å². The molecule has 0 saturated carbocycles. The van der Waals surface area contributed by atoms with Crippen LogP contribution in [0.15, 0.2) is 18.2 Å². The molecule has 0 aliphatic carbocycles. The molecule has 1 aromatic carbocycles. The zero-order chi connectivity index (χ0) is 28.5. The Kier molecular flexibility index (Phi) is 8.31. The van der Waals surface area contributed by atoms with E-state index in [2.05, 4.69) is 35.9 Å². The number of ketones is 1. The van der Waals surface area contributed by atoms with Crippen LogP contribution >= 0.6 is 11.6 Å². The number of hydrogen-bond donors (Lipinski definition) is 1. The van der Waals surface area contributed by atoms with Crippen molar-refractivity contribution >= 4 is 34.6 Å². The van der Waals surface area contributed by atoms with E-state index < -0.39 is 0 Å². The second-order valence-corrected chi connectivity index (χ2v) is 10.8. The molecule has 1 aliphatic heterocycles. The first-order valence-electron chi connectivity index (χ1n) is 13.1. The van der Waals surface area contributed by atoms with E-state index in [1.165, 1.54) is 15.3 Å². The van der Waals surface area contributed by atoms with E-state index >= 15 is 0 Å². The number of amides is 1. The van der Waals surface area contributed by atoms with Crippen molar-refractivity contribution in [3.8, 4) is 5.75 Å². The molecule has 2 aromatic heterocycles. The highest BCUT2D eigenvalue weighted by atomic mass is 35.5. The monoisotopic (exact) mass is 557 g/mol. The van der Waals surface area contributed by atoms with Crippen molar-refractivity contribution in [3.05, 3.63) is 45.7 Å². The molecule has 12 heteroatoms. The number of Topliss-reactive ketones (excluding diaryl/α,β-unsaturated/α-hetero) is 1. The number of benzene rings is 1. The molecular formula is C27H36ClN7O4. The normalized spacial score (nSPS) is 14.1. The van der Waals surface area contributed by atoms with Crippen molar-refractivity contribution in [2.75, 3.05) is 51.4 Å². The van der Waals surface area contributed by atoms with Crippen LogP contribution in [0.4, 0.5) is 5.69 Å². The number of methoxy groups -OCH3 is 1. The molecule has 0 radical (unpaired) electrons. The number of morpholine rings is 1. The van der Waals surface area contributed by atoms with E-state index in [4.69, 9.17) is 26.5 Å². The Morgan fingerprint density at radius 3 is 2.38 bits per heavy atom. The predicted molar refractivity (Wildman–Crippen MR) is 148 cm³/mol. The van der Waals surface area contributed by atoms with Crippen LogP contribution in [0.1, 0.15) is 60.9 Å². The number of nitrogens with one attached hydrogen (secondary N) is 1. The minimum atomic E-state index is -0.284. The number of ether oxygens (including phenoxy) is 2. The van der Waals surface area contributed by atoms with Crippen LogP contribution in [0, 0.1) is 5.41 Å². The van der Waals surface area contributed by atoms with E-state index in [-0.39, 0.29) is 45.6 Å². The molecular weight excluding hydrogens is 522 g/mol. The number of rotatable bonds is 8. The third-order valence-corrected chi connectivity index (χ3v) is 7.18. The van der Waals surface area contributed by atoms with Crippen molar-refractivity contribution in [2.45, 2.75) is 46.6 Å². The van der Waals surface area contributed by atoms with Gasteiger partial charge in [-0.2, -0.15) is 9.61 Å². The van der Waals surface area contributed by atoms with Gasteiger partial charge in [-0.1, -0.05) is 32.4 Å². The van der Waals surface area contributed by atoms with Gasteiger partial charge in [-0.25, -0.2) is 4.68 Å². The molecule has 0 bridgehead atoms. The fourth-order valence-corrected chi connectivity index (χ4v) is 4.92. The molecule has 3 heterocycles. The number of carbonyl (C=O) groups excluding carboxylic acids is 2. The second-order valence-electron chi connectivity index (χ2n) is 10.4. The van der Waals surface area contributed by atoms with Gasteiger partial charge >= 0.3 is 0 Å². The van der Waals surface area contributed by atoms with Gasteiger partial charge in [-0.15, -0.1) is 5.10 Å².